The number of ether oxygens (including phenoxy) is 2. The van der Waals surface area contributed by atoms with Crippen LogP contribution < -0.4 is 20.1 Å². The first-order valence-electron chi connectivity index (χ1n) is 7.10. The van der Waals surface area contributed by atoms with Crippen LogP contribution in [0.2, 0.25) is 0 Å². The zero-order valence-electron chi connectivity index (χ0n) is 13.2. The number of aliphatic carboxylic acids is 1. The molecule has 0 saturated carbocycles. The third-order valence-electron chi connectivity index (χ3n) is 3.09. The number of amides is 1. The number of methoxy groups -OCH3 is 2. The van der Waals surface area contributed by atoms with Crippen molar-refractivity contribution in [2.45, 2.75) is 18.9 Å². The molecule has 128 valence electrons. The van der Waals surface area contributed by atoms with E-state index in [1.54, 1.807) is 18.2 Å². The second-order valence-corrected chi connectivity index (χ2v) is 4.74. The largest absolute Gasteiger partial charge is 0.497 e. The van der Waals surface area contributed by atoms with Crippen molar-refractivity contribution < 1.29 is 29.3 Å². The number of rotatable bonds is 10. The maximum atomic E-state index is 12.1. The predicted molar refractivity (Wildman–Crippen MR) is 83.9 cm³/mol. The lowest BCUT2D eigenvalue weighted by molar-refractivity contribution is -0.141. The number of benzene rings is 1. The van der Waals surface area contributed by atoms with E-state index in [2.05, 4.69) is 10.6 Å². The van der Waals surface area contributed by atoms with Crippen LogP contribution in [0.15, 0.2) is 18.2 Å². The number of anilines is 1. The highest BCUT2D eigenvalue weighted by Gasteiger charge is 2.21. The van der Waals surface area contributed by atoms with Crippen LogP contribution in [0.25, 0.3) is 0 Å². The van der Waals surface area contributed by atoms with E-state index in [9.17, 15) is 9.59 Å². The Bertz CT molecular complexity index is 535. The molecule has 4 N–H and O–H groups in total. The van der Waals surface area contributed by atoms with Gasteiger partial charge in [-0.2, -0.15) is 0 Å². The van der Waals surface area contributed by atoms with Crippen LogP contribution in [0.3, 0.4) is 0 Å². The molecule has 8 nitrogen and oxygen atoms in total. The maximum Gasteiger partial charge on any atom is 0.321 e. The third kappa shape index (κ3) is 6.13. The maximum absolute atomic E-state index is 12.1. The topological polar surface area (TPSA) is 117 Å². The van der Waals surface area contributed by atoms with Gasteiger partial charge in [-0.25, -0.2) is 0 Å². The number of nitrogens with one attached hydrogen (secondary N) is 2. The molecule has 1 aromatic rings. The second kappa shape index (κ2) is 9.65. The van der Waals surface area contributed by atoms with E-state index in [1.165, 1.54) is 14.2 Å². The van der Waals surface area contributed by atoms with Gasteiger partial charge in [0, 0.05) is 12.7 Å². The summed E-state index contributed by atoms with van der Waals surface area (Å²) >= 11 is 0. The summed E-state index contributed by atoms with van der Waals surface area (Å²) in [5.74, 6) is -0.618. The normalized spacial score (nSPS) is 11.6. The van der Waals surface area contributed by atoms with Gasteiger partial charge in [-0.05, 0) is 25.1 Å². The molecule has 0 spiro atoms. The molecule has 1 amide bonds. The Balaban J connectivity index is 2.72. The molecule has 0 saturated heterocycles. The molecule has 8 heteroatoms. The Kier molecular flexibility index (Phi) is 7.86. The molecule has 0 unspecified atom stereocenters. The molecule has 0 heterocycles. The standard InChI is InChI=1S/C15H22N2O6/c1-22-10-4-5-13(23-2)11(8-10)17-14(19)9-12(15(20)21)16-6-3-7-18/h4-5,8,12,16,18H,3,6-7,9H2,1-2H3,(H,17,19)(H,20,21)/t12-/m0/s1. The van der Waals surface area contributed by atoms with E-state index in [1.807, 2.05) is 0 Å². The summed E-state index contributed by atoms with van der Waals surface area (Å²) in [5.41, 5.74) is 0.399. The van der Waals surface area contributed by atoms with Crippen LogP contribution in [-0.4, -0.2) is 55.5 Å². The van der Waals surface area contributed by atoms with E-state index >= 15 is 0 Å². The SMILES string of the molecule is COc1ccc(OC)c(NC(=O)C[C@H](NCCCO)C(=O)O)c1. The van der Waals surface area contributed by atoms with E-state index in [0.717, 1.165) is 0 Å². The van der Waals surface area contributed by atoms with Crippen molar-refractivity contribution in [3.63, 3.8) is 0 Å². The van der Waals surface area contributed by atoms with Gasteiger partial charge in [0.2, 0.25) is 5.91 Å². The molecule has 1 aromatic carbocycles. The van der Waals surface area contributed by atoms with Gasteiger partial charge in [0.05, 0.1) is 26.3 Å². The van der Waals surface area contributed by atoms with Gasteiger partial charge in [-0.15, -0.1) is 0 Å². The van der Waals surface area contributed by atoms with Gasteiger partial charge in [0.1, 0.15) is 17.5 Å². The third-order valence-corrected chi connectivity index (χ3v) is 3.09. The molecule has 0 fully saturated rings. The molecule has 1 rings (SSSR count). The summed E-state index contributed by atoms with van der Waals surface area (Å²) in [5, 5.41) is 23.2. The van der Waals surface area contributed by atoms with Gasteiger partial charge in [-0.1, -0.05) is 0 Å². The number of carbonyl (C=O) groups excluding carboxylic acids is 1. The van der Waals surface area contributed by atoms with Gasteiger partial charge in [0.15, 0.2) is 0 Å². The van der Waals surface area contributed by atoms with Gasteiger partial charge >= 0.3 is 5.97 Å². The van der Waals surface area contributed by atoms with E-state index in [0.29, 0.717) is 30.2 Å². The van der Waals surface area contributed by atoms with Crippen molar-refractivity contribution in [3.8, 4) is 11.5 Å². The number of aliphatic hydroxyl groups is 1. The minimum atomic E-state index is -1.13. The minimum absolute atomic E-state index is 0.0491. The number of carboxylic acids is 1. The highest BCUT2D eigenvalue weighted by molar-refractivity contribution is 5.95. The Labute approximate surface area is 134 Å². The highest BCUT2D eigenvalue weighted by atomic mass is 16.5. The number of hydrogen-bond acceptors (Lipinski definition) is 6. The Morgan fingerprint density at radius 1 is 1.26 bits per heavy atom. The fourth-order valence-corrected chi connectivity index (χ4v) is 1.90. The first-order valence-corrected chi connectivity index (χ1v) is 7.10. The average molecular weight is 326 g/mol. The summed E-state index contributed by atoms with van der Waals surface area (Å²) in [4.78, 5) is 23.2. The van der Waals surface area contributed by atoms with Crippen molar-refractivity contribution >= 4 is 17.6 Å². The van der Waals surface area contributed by atoms with Crippen LogP contribution in [-0.2, 0) is 9.59 Å². The average Bonchev–Trinajstić information content (AvgIpc) is 2.53. The first-order chi connectivity index (χ1) is 11.0. The molecule has 0 bridgehead atoms. The molecule has 0 aliphatic carbocycles. The molecule has 0 aliphatic heterocycles. The van der Waals surface area contributed by atoms with E-state index in [4.69, 9.17) is 19.7 Å². The van der Waals surface area contributed by atoms with E-state index in [-0.39, 0.29) is 13.0 Å². The summed E-state index contributed by atoms with van der Waals surface area (Å²) in [6.07, 6.45) is 0.163. The lowest BCUT2D eigenvalue weighted by Gasteiger charge is -2.15. The smallest absolute Gasteiger partial charge is 0.321 e. The monoisotopic (exact) mass is 326 g/mol. The molecule has 0 radical (unpaired) electrons. The number of carboxylic acid groups (broad SMARTS) is 1. The lowest BCUT2D eigenvalue weighted by Crippen LogP contribution is -2.40. The number of hydrogen-bond donors (Lipinski definition) is 4. The Morgan fingerprint density at radius 2 is 2.00 bits per heavy atom. The second-order valence-electron chi connectivity index (χ2n) is 4.74. The summed E-state index contributed by atoms with van der Waals surface area (Å²) in [7, 11) is 2.97. The number of carbonyl (C=O) groups is 2. The molecule has 1 atom stereocenters. The van der Waals surface area contributed by atoms with Crippen LogP contribution in [0.5, 0.6) is 11.5 Å². The molecule has 0 aromatic heterocycles. The number of aliphatic hydroxyl groups excluding tert-OH is 1. The van der Waals surface area contributed by atoms with Crippen LogP contribution in [0.1, 0.15) is 12.8 Å². The Morgan fingerprint density at radius 3 is 2.57 bits per heavy atom. The van der Waals surface area contributed by atoms with Crippen molar-refractivity contribution in [3.05, 3.63) is 18.2 Å². The van der Waals surface area contributed by atoms with Crippen molar-refractivity contribution in [1.29, 1.82) is 0 Å². The van der Waals surface area contributed by atoms with Crippen molar-refractivity contribution in [2.24, 2.45) is 0 Å². The molecular weight excluding hydrogens is 304 g/mol. The summed E-state index contributed by atoms with van der Waals surface area (Å²) in [6.45, 7) is 0.260. The van der Waals surface area contributed by atoms with Crippen LogP contribution in [0.4, 0.5) is 5.69 Å². The molecule has 23 heavy (non-hydrogen) atoms. The quantitative estimate of drug-likeness (QED) is 0.461. The molecular formula is C15H22N2O6. The summed E-state index contributed by atoms with van der Waals surface area (Å²) < 4.78 is 10.2. The predicted octanol–water partition coefficient (Wildman–Crippen LogP) is 0.458. The van der Waals surface area contributed by atoms with Gasteiger partial charge in [-0.3, -0.25) is 9.59 Å². The molecule has 0 aliphatic rings. The summed E-state index contributed by atoms with van der Waals surface area (Å²) in [6, 6.07) is 3.89. The lowest BCUT2D eigenvalue weighted by atomic mass is 10.2. The van der Waals surface area contributed by atoms with Gasteiger partial charge in [0.25, 0.3) is 0 Å². The Hall–Kier alpha value is -2.32. The minimum Gasteiger partial charge on any atom is -0.497 e. The van der Waals surface area contributed by atoms with Crippen LogP contribution in [0, 0.1) is 0 Å². The zero-order chi connectivity index (χ0) is 17.2. The first kappa shape index (κ1) is 18.7. The van der Waals surface area contributed by atoms with Gasteiger partial charge < -0.3 is 30.3 Å². The highest BCUT2D eigenvalue weighted by Crippen LogP contribution is 2.28. The van der Waals surface area contributed by atoms with Crippen molar-refractivity contribution in [2.75, 3.05) is 32.7 Å². The van der Waals surface area contributed by atoms with E-state index < -0.39 is 17.9 Å². The van der Waals surface area contributed by atoms with Crippen molar-refractivity contribution in [1.82, 2.24) is 5.32 Å². The fraction of sp³-hybridized carbons (Fsp3) is 0.467. The fourth-order valence-electron chi connectivity index (χ4n) is 1.90. The zero-order valence-corrected chi connectivity index (χ0v) is 13.2. The van der Waals surface area contributed by atoms with Crippen LogP contribution >= 0.6 is 0 Å².